The lowest BCUT2D eigenvalue weighted by Gasteiger charge is -2.15. The van der Waals surface area contributed by atoms with E-state index in [1.54, 1.807) is 0 Å². The van der Waals surface area contributed by atoms with E-state index < -0.39 is 0 Å². The molecule has 0 spiro atoms. The molecule has 0 fully saturated rings. The minimum absolute atomic E-state index is 0.556. The van der Waals surface area contributed by atoms with Gasteiger partial charge in [-0.1, -0.05) is 58.8 Å². The number of unbranched alkanes of at least 4 members (excludes halogenated alkanes) is 3. The van der Waals surface area contributed by atoms with Gasteiger partial charge in [0.25, 0.3) is 6.47 Å². The molecule has 0 heterocycles. The quantitative estimate of drug-likeness (QED) is 0.385. The molecular weight excluding hydrogens is 188 g/mol. The fourth-order valence-corrected chi connectivity index (χ4v) is 1.98. The molecule has 0 saturated carbocycles. The molecule has 0 aromatic carbocycles. The SMILES string of the molecule is CCCCCCC(CCC)CCOC=O. The maximum atomic E-state index is 10.0. The lowest BCUT2D eigenvalue weighted by atomic mass is 9.93. The van der Waals surface area contributed by atoms with Gasteiger partial charge < -0.3 is 4.74 Å². The van der Waals surface area contributed by atoms with Gasteiger partial charge in [0.1, 0.15) is 0 Å². The van der Waals surface area contributed by atoms with E-state index in [-0.39, 0.29) is 0 Å². The van der Waals surface area contributed by atoms with Crippen molar-refractivity contribution in [3.8, 4) is 0 Å². The summed E-state index contributed by atoms with van der Waals surface area (Å²) >= 11 is 0. The Morgan fingerprint density at radius 1 is 1.00 bits per heavy atom. The van der Waals surface area contributed by atoms with Gasteiger partial charge in [-0.2, -0.15) is 0 Å². The molecule has 0 aliphatic carbocycles. The number of carbonyl (C=O) groups is 1. The van der Waals surface area contributed by atoms with Crippen molar-refractivity contribution in [2.45, 2.75) is 65.2 Å². The van der Waals surface area contributed by atoms with Gasteiger partial charge in [-0.15, -0.1) is 0 Å². The molecule has 0 aromatic heterocycles. The molecule has 0 rings (SSSR count). The number of carbonyl (C=O) groups excluding carboxylic acids is 1. The first kappa shape index (κ1) is 14.5. The standard InChI is InChI=1S/C13H26O2/c1-3-5-6-7-9-13(8-4-2)10-11-15-12-14/h12-13H,3-11H2,1-2H3. The summed E-state index contributed by atoms with van der Waals surface area (Å²) in [6.07, 6.45) is 10.2. The Balaban J connectivity index is 3.48. The smallest absolute Gasteiger partial charge is 0.293 e. The van der Waals surface area contributed by atoms with Gasteiger partial charge in [0.15, 0.2) is 0 Å². The normalized spacial score (nSPS) is 12.4. The Kier molecular flexibility index (Phi) is 11.1. The summed E-state index contributed by atoms with van der Waals surface area (Å²) in [6, 6.07) is 0. The maximum Gasteiger partial charge on any atom is 0.293 e. The molecule has 0 aromatic rings. The Bertz CT molecular complexity index is 134. The number of hydrogen-bond acceptors (Lipinski definition) is 2. The van der Waals surface area contributed by atoms with Crippen LogP contribution in [0, 0.1) is 5.92 Å². The van der Waals surface area contributed by atoms with Crippen LogP contribution in [-0.2, 0) is 9.53 Å². The van der Waals surface area contributed by atoms with Crippen LogP contribution in [0.25, 0.3) is 0 Å². The zero-order valence-electron chi connectivity index (χ0n) is 10.3. The zero-order chi connectivity index (χ0) is 11.4. The van der Waals surface area contributed by atoms with Crippen LogP contribution in [0.4, 0.5) is 0 Å². The summed E-state index contributed by atoms with van der Waals surface area (Å²) in [6.45, 7) is 5.61. The van der Waals surface area contributed by atoms with Crippen molar-refractivity contribution in [2.24, 2.45) is 5.92 Å². The average Bonchev–Trinajstić information content (AvgIpc) is 2.24. The predicted octanol–water partition coefficient (Wildman–Crippen LogP) is 3.94. The first-order valence-electron chi connectivity index (χ1n) is 6.40. The van der Waals surface area contributed by atoms with E-state index in [9.17, 15) is 4.79 Å². The molecule has 0 radical (unpaired) electrons. The van der Waals surface area contributed by atoms with Gasteiger partial charge in [0.05, 0.1) is 6.61 Å². The second-order valence-corrected chi connectivity index (χ2v) is 4.26. The van der Waals surface area contributed by atoms with Crippen molar-refractivity contribution < 1.29 is 9.53 Å². The molecular formula is C13H26O2. The second-order valence-electron chi connectivity index (χ2n) is 4.26. The topological polar surface area (TPSA) is 26.3 Å². The molecule has 0 aliphatic rings. The molecule has 2 nitrogen and oxygen atoms in total. The van der Waals surface area contributed by atoms with Crippen LogP contribution in [0.5, 0.6) is 0 Å². The fourth-order valence-electron chi connectivity index (χ4n) is 1.98. The van der Waals surface area contributed by atoms with Crippen LogP contribution in [-0.4, -0.2) is 13.1 Å². The van der Waals surface area contributed by atoms with Gasteiger partial charge in [-0.3, -0.25) is 4.79 Å². The average molecular weight is 214 g/mol. The van der Waals surface area contributed by atoms with Crippen molar-refractivity contribution >= 4 is 6.47 Å². The van der Waals surface area contributed by atoms with Crippen LogP contribution in [0.3, 0.4) is 0 Å². The molecule has 0 bridgehead atoms. The first-order valence-corrected chi connectivity index (χ1v) is 6.40. The van der Waals surface area contributed by atoms with Gasteiger partial charge in [-0.05, 0) is 12.3 Å². The van der Waals surface area contributed by atoms with Crippen molar-refractivity contribution in [1.29, 1.82) is 0 Å². The Hall–Kier alpha value is -0.530. The Morgan fingerprint density at radius 3 is 2.40 bits per heavy atom. The molecule has 1 atom stereocenters. The van der Waals surface area contributed by atoms with Gasteiger partial charge in [0.2, 0.25) is 0 Å². The highest BCUT2D eigenvalue weighted by Gasteiger charge is 2.07. The van der Waals surface area contributed by atoms with E-state index >= 15 is 0 Å². The Morgan fingerprint density at radius 2 is 1.80 bits per heavy atom. The zero-order valence-corrected chi connectivity index (χ0v) is 10.3. The van der Waals surface area contributed by atoms with Crippen LogP contribution in [0.1, 0.15) is 65.2 Å². The van der Waals surface area contributed by atoms with Crippen molar-refractivity contribution in [3.63, 3.8) is 0 Å². The minimum Gasteiger partial charge on any atom is -0.468 e. The summed E-state index contributed by atoms with van der Waals surface area (Å²) in [4.78, 5) is 10.0. The van der Waals surface area contributed by atoms with E-state index in [4.69, 9.17) is 4.74 Å². The number of ether oxygens (including phenoxy) is 1. The number of hydrogen-bond donors (Lipinski definition) is 0. The highest BCUT2D eigenvalue weighted by Crippen LogP contribution is 2.19. The summed E-state index contributed by atoms with van der Waals surface area (Å²) in [5.41, 5.74) is 0. The van der Waals surface area contributed by atoms with Gasteiger partial charge >= 0.3 is 0 Å². The third kappa shape index (κ3) is 9.77. The molecule has 0 saturated heterocycles. The highest BCUT2D eigenvalue weighted by atomic mass is 16.5. The lowest BCUT2D eigenvalue weighted by molar-refractivity contribution is -0.129. The van der Waals surface area contributed by atoms with Crippen LogP contribution >= 0.6 is 0 Å². The molecule has 0 aliphatic heterocycles. The van der Waals surface area contributed by atoms with E-state index in [0.717, 1.165) is 12.3 Å². The molecule has 0 amide bonds. The van der Waals surface area contributed by atoms with Crippen LogP contribution in [0.2, 0.25) is 0 Å². The summed E-state index contributed by atoms with van der Waals surface area (Å²) < 4.78 is 4.76. The van der Waals surface area contributed by atoms with Crippen molar-refractivity contribution in [3.05, 3.63) is 0 Å². The summed E-state index contributed by atoms with van der Waals surface area (Å²) in [7, 11) is 0. The lowest BCUT2D eigenvalue weighted by Crippen LogP contribution is -2.05. The van der Waals surface area contributed by atoms with Gasteiger partial charge in [0, 0.05) is 0 Å². The molecule has 0 N–H and O–H groups in total. The van der Waals surface area contributed by atoms with Crippen molar-refractivity contribution in [1.82, 2.24) is 0 Å². The Labute approximate surface area is 94.4 Å². The van der Waals surface area contributed by atoms with E-state index in [2.05, 4.69) is 13.8 Å². The highest BCUT2D eigenvalue weighted by molar-refractivity contribution is 5.36. The second kappa shape index (κ2) is 11.5. The van der Waals surface area contributed by atoms with Crippen LogP contribution < -0.4 is 0 Å². The molecule has 1 unspecified atom stereocenters. The third-order valence-electron chi connectivity index (χ3n) is 2.87. The monoisotopic (exact) mass is 214 g/mol. The van der Waals surface area contributed by atoms with E-state index in [0.29, 0.717) is 13.1 Å². The molecule has 15 heavy (non-hydrogen) atoms. The summed E-state index contributed by atoms with van der Waals surface area (Å²) in [5, 5.41) is 0. The molecule has 90 valence electrons. The fraction of sp³-hybridized carbons (Fsp3) is 0.923. The van der Waals surface area contributed by atoms with Crippen LogP contribution in [0.15, 0.2) is 0 Å². The van der Waals surface area contributed by atoms with E-state index in [1.807, 2.05) is 0 Å². The van der Waals surface area contributed by atoms with E-state index in [1.165, 1.54) is 44.9 Å². The van der Waals surface area contributed by atoms with Gasteiger partial charge in [-0.25, -0.2) is 0 Å². The summed E-state index contributed by atoms with van der Waals surface area (Å²) in [5.74, 6) is 0.756. The largest absolute Gasteiger partial charge is 0.468 e. The maximum absolute atomic E-state index is 10.0. The third-order valence-corrected chi connectivity index (χ3v) is 2.87. The number of rotatable bonds is 11. The first-order chi connectivity index (χ1) is 7.35. The minimum atomic E-state index is 0.556. The predicted molar refractivity (Wildman–Crippen MR) is 63.8 cm³/mol. The molecule has 2 heteroatoms. The van der Waals surface area contributed by atoms with Crippen molar-refractivity contribution in [2.75, 3.05) is 6.61 Å².